The summed E-state index contributed by atoms with van der Waals surface area (Å²) >= 11 is 3.06. The van der Waals surface area contributed by atoms with Crippen molar-refractivity contribution >= 4 is 34.7 Å². The average molecular weight is 385 g/mol. The van der Waals surface area contributed by atoms with Crippen LogP contribution in [0.1, 0.15) is 35.2 Å². The molecule has 0 fully saturated rings. The molecule has 0 spiro atoms. The highest BCUT2D eigenvalue weighted by atomic mass is 32.2. The van der Waals surface area contributed by atoms with Crippen LogP contribution in [0.15, 0.2) is 40.9 Å². The van der Waals surface area contributed by atoms with Crippen molar-refractivity contribution in [2.45, 2.75) is 43.0 Å². The minimum atomic E-state index is -0.270. The van der Waals surface area contributed by atoms with E-state index in [4.69, 9.17) is 0 Å². The summed E-state index contributed by atoms with van der Waals surface area (Å²) in [7, 11) is 0. The zero-order valence-corrected chi connectivity index (χ0v) is 16.1. The molecule has 3 aromatic rings. The number of fused-ring (bicyclic) bond motifs is 1. The fraction of sp³-hybridized carbons (Fsp3) is 0.316. The molecule has 2 aromatic heterocycles. The van der Waals surface area contributed by atoms with Gasteiger partial charge >= 0.3 is 0 Å². The molecule has 134 valence electrons. The van der Waals surface area contributed by atoms with Crippen molar-refractivity contribution in [2.24, 2.45) is 0 Å². The van der Waals surface area contributed by atoms with Crippen LogP contribution in [0.2, 0.25) is 0 Å². The number of thiophene rings is 1. The van der Waals surface area contributed by atoms with Crippen LogP contribution in [0.25, 0.3) is 0 Å². The number of nitrogens with zero attached hydrogens (tertiary/aromatic N) is 2. The van der Waals surface area contributed by atoms with Gasteiger partial charge in [0.15, 0.2) is 0 Å². The smallest absolute Gasteiger partial charge is 0.237 e. The second kappa shape index (κ2) is 7.63. The molecule has 0 bridgehead atoms. The minimum absolute atomic E-state index is 0.0300. The van der Waals surface area contributed by atoms with Crippen LogP contribution in [-0.4, -0.2) is 26.3 Å². The second-order valence-electron chi connectivity index (χ2n) is 6.41. The van der Waals surface area contributed by atoms with Gasteiger partial charge in [-0.15, -0.1) is 16.4 Å². The number of rotatable bonds is 6. The second-order valence-corrected chi connectivity index (χ2v) is 8.75. The Morgan fingerprint density at radius 2 is 2.23 bits per heavy atom. The number of benzene rings is 1. The summed E-state index contributed by atoms with van der Waals surface area (Å²) in [6.07, 6.45) is 4.19. The van der Waals surface area contributed by atoms with Crippen molar-refractivity contribution in [1.82, 2.24) is 15.2 Å². The maximum atomic E-state index is 12.5. The number of amides is 1. The number of hydrogen-bond donors (Lipinski definition) is 2. The minimum Gasteiger partial charge on any atom is -0.325 e. The number of nitrogens with one attached hydrogen (secondary N) is 2. The Hall–Kier alpha value is -2.12. The molecule has 0 saturated carbocycles. The van der Waals surface area contributed by atoms with E-state index < -0.39 is 0 Å². The van der Waals surface area contributed by atoms with Gasteiger partial charge in [-0.05, 0) is 60.9 Å². The number of aryl methyl sites for hydroxylation is 2. The SMILES string of the molecule is CC(Sc1n[nH]c(Cc2cccs2)n1)C(=O)Nc1ccc2c(c1)CCC2. The Kier molecular flexibility index (Phi) is 5.08. The maximum Gasteiger partial charge on any atom is 0.237 e. The molecular formula is C19H20N4OS2. The summed E-state index contributed by atoms with van der Waals surface area (Å²) in [6, 6.07) is 10.3. The van der Waals surface area contributed by atoms with E-state index in [0.29, 0.717) is 5.16 Å². The van der Waals surface area contributed by atoms with E-state index in [1.165, 1.54) is 34.2 Å². The summed E-state index contributed by atoms with van der Waals surface area (Å²) in [5, 5.41) is 12.6. The molecule has 1 aromatic carbocycles. The number of aromatic amines is 1. The van der Waals surface area contributed by atoms with Gasteiger partial charge in [0.05, 0.1) is 5.25 Å². The van der Waals surface area contributed by atoms with E-state index in [0.717, 1.165) is 30.8 Å². The lowest BCUT2D eigenvalue weighted by atomic mass is 10.1. The van der Waals surface area contributed by atoms with Crippen LogP contribution in [-0.2, 0) is 24.1 Å². The number of hydrogen-bond acceptors (Lipinski definition) is 5. The van der Waals surface area contributed by atoms with Crippen molar-refractivity contribution in [2.75, 3.05) is 5.32 Å². The van der Waals surface area contributed by atoms with E-state index in [9.17, 15) is 4.79 Å². The van der Waals surface area contributed by atoms with Crippen molar-refractivity contribution in [3.05, 3.63) is 57.5 Å². The highest BCUT2D eigenvalue weighted by molar-refractivity contribution is 8.00. The standard InChI is InChI=1S/C19H20N4OS2/c1-12(18(24)20-15-8-7-13-4-2-5-14(13)10-15)26-19-21-17(22-23-19)11-16-6-3-9-25-16/h3,6-10,12H,2,4-5,11H2,1H3,(H,20,24)(H,21,22,23). The summed E-state index contributed by atoms with van der Waals surface area (Å²) in [5.74, 6) is 0.790. The van der Waals surface area contributed by atoms with Crippen LogP contribution < -0.4 is 5.32 Å². The summed E-state index contributed by atoms with van der Waals surface area (Å²) < 4.78 is 0. The number of H-pyrrole nitrogens is 1. The average Bonchev–Trinajstić information content (AvgIpc) is 3.37. The van der Waals surface area contributed by atoms with Crippen LogP contribution >= 0.6 is 23.1 Å². The van der Waals surface area contributed by atoms with E-state index in [-0.39, 0.29) is 11.2 Å². The Bertz CT molecular complexity index is 904. The first-order valence-electron chi connectivity index (χ1n) is 8.70. The lowest BCUT2D eigenvalue weighted by Gasteiger charge is -2.11. The fourth-order valence-electron chi connectivity index (χ4n) is 3.09. The fourth-order valence-corrected chi connectivity index (χ4v) is 4.55. The molecule has 2 heterocycles. The predicted octanol–water partition coefficient (Wildman–Crippen LogP) is 4.07. The van der Waals surface area contributed by atoms with Gasteiger partial charge in [0, 0.05) is 17.0 Å². The predicted molar refractivity (Wildman–Crippen MR) is 106 cm³/mol. The molecule has 0 aliphatic heterocycles. The first-order chi connectivity index (χ1) is 12.7. The molecule has 0 saturated heterocycles. The zero-order chi connectivity index (χ0) is 17.9. The summed E-state index contributed by atoms with van der Waals surface area (Å²) in [5.41, 5.74) is 3.64. The molecule has 1 aliphatic carbocycles. The van der Waals surface area contributed by atoms with Gasteiger partial charge in [0.1, 0.15) is 5.82 Å². The van der Waals surface area contributed by atoms with Crippen LogP contribution in [0, 0.1) is 0 Å². The first-order valence-corrected chi connectivity index (χ1v) is 10.5. The largest absolute Gasteiger partial charge is 0.325 e. The Balaban J connectivity index is 1.34. The summed E-state index contributed by atoms with van der Waals surface area (Å²) in [6.45, 7) is 1.88. The molecule has 26 heavy (non-hydrogen) atoms. The third-order valence-corrected chi connectivity index (χ3v) is 6.29. The molecule has 1 aliphatic rings. The topological polar surface area (TPSA) is 70.7 Å². The van der Waals surface area contributed by atoms with Gasteiger partial charge in [-0.3, -0.25) is 9.89 Å². The van der Waals surface area contributed by atoms with Crippen LogP contribution in [0.4, 0.5) is 5.69 Å². The molecule has 1 amide bonds. The number of aromatic nitrogens is 3. The van der Waals surface area contributed by atoms with Gasteiger partial charge in [0.2, 0.25) is 11.1 Å². The molecular weight excluding hydrogens is 364 g/mol. The number of carbonyl (C=O) groups excluding carboxylic acids is 1. The van der Waals surface area contributed by atoms with Gasteiger partial charge in [-0.2, -0.15) is 0 Å². The highest BCUT2D eigenvalue weighted by Crippen LogP contribution is 2.26. The normalized spacial score (nSPS) is 14.2. The quantitative estimate of drug-likeness (QED) is 0.629. The van der Waals surface area contributed by atoms with Crippen molar-refractivity contribution < 1.29 is 4.79 Å². The lowest BCUT2D eigenvalue weighted by Crippen LogP contribution is -2.22. The van der Waals surface area contributed by atoms with Crippen molar-refractivity contribution in [3.63, 3.8) is 0 Å². The maximum absolute atomic E-state index is 12.5. The molecule has 0 radical (unpaired) electrons. The van der Waals surface area contributed by atoms with Crippen molar-refractivity contribution in [1.29, 1.82) is 0 Å². The molecule has 1 atom stereocenters. The Labute approximate surface area is 160 Å². The Morgan fingerprint density at radius 3 is 3.08 bits per heavy atom. The number of anilines is 1. The third-order valence-electron chi connectivity index (χ3n) is 4.45. The molecule has 2 N–H and O–H groups in total. The van der Waals surface area contributed by atoms with Crippen LogP contribution in [0.5, 0.6) is 0 Å². The molecule has 1 unspecified atom stereocenters. The lowest BCUT2D eigenvalue weighted by molar-refractivity contribution is -0.115. The van der Waals surface area contributed by atoms with Gasteiger partial charge in [-0.1, -0.05) is 23.9 Å². The van der Waals surface area contributed by atoms with E-state index >= 15 is 0 Å². The number of carbonyl (C=O) groups is 1. The molecule has 4 rings (SSSR count). The molecule has 7 heteroatoms. The van der Waals surface area contributed by atoms with E-state index in [2.05, 4.69) is 38.7 Å². The monoisotopic (exact) mass is 384 g/mol. The van der Waals surface area contributed by atoms with E-state index in [1.807, 2.05) is 24.4 Å². The van der Waals surface area contributed by atoms with Crippen LogP contribution in [0.3, 0.4) is 0 Å². The zero-order valence-electron chi connectivity index (χ0n) is 14.5. The van der Waals surface area contributed by atoms with Gasteiger partial charge in [0.25, 0.3) is 0 Å². The highest BCUT2D eigenvalue weighted by Gasteiger charge is 2.18. The van der Waals surface area contributed by atoms with Gasteiger partial charge in [-0.25, -0.2) is 4.98 Å². The van der Waals surface area contributed by atoms with Crippen molar-refractivity contribution in [3.8, 4) is 0 Å². The summed E-state index contributed by atoms with van der Waals surface area (Å²) in [4.78, 5) is 18.2. The number of thioether (sulfide) groups is 1. The Morgan fingerprint density at radius 1 is 1.35 bits per heavy atom. The first kappa shape index (κ1) is 17.3. The third kappa shape index (κ3) is 3.99. The molecule has 5 nitrogen and oxygen atoms in total. The van der Waals surface area contributed by atoms with E-state index in [1.54, 1.807) is 11.3 Å². The van der Waals surface area contributed by atoms with Gasteiger partial charge < -0.3 is 5.32 Å².